The first kappa shape index (κ1) is 26.0. The summed E-state index contributed by atoms with van der Waals surface area (Å²) in [7, 11) is 0. The van der Waals surface area contributed by atoms with Crippen LogP contribution in [0.4, 0.5) is 0 Å². The number of benzene rings is 3. The Balaban J connectivity index is 1.45. The molecule has 35 heavy (non-hydrogen) atoms. The van der Waals surface area contributed by atoms with Gasteiger partial charge in [0.05, 0.1) is 6.21 Å². The van der Waals surface area contributed by atoms with Crippen LogP contribution in [-0.2, 0) is 16.8 Å². The largest absolute Gasteiger partial charge is 0.489 e. The molecule has 5 heteroatoms. The van der Waals surface area contributed by atoms with Crippen LogP contribution in [-0.4, -0.2) is 18.7 Å². The molecule has 0 bridgehead atoms. The maximum Gasteiger partial charge on any atom is 0.277 e. The first-order chi connectivity index (χ1) is 16.6. The lowest BCUT2D eigenvalue weighted by atomic mass is 9.72. The number of amides is 1. The lowest BCUT2D eigenvalue weighted by molar-refractivity contribution is -0.123. The van der Waals surface area contributed by atoms with Gasteiger partial charge in [0, 0.05) is 0 Å². The van der Waals surface area contributed by atoms with Crippen molar-refractivity contribution in [3.05, 3.63) is 95.6 Å². The van der Waals surface area contributed by atoms with E-state index in [0.29, 0.717) is 12.4 Å². The minimum atomic E-state index is -0.324. The van der Waals surface area contributed by atoms with Gasteiger partial charge in [-0.1, -0.05) is 89.2 Å². The number of hydrazone groups is 1. The minimum absolute atomic E-state index is 0.0623. The van der Waals surface area contributed by atoms with Crippen molar-refractivity contribution in [3.8, 4) is 11.5 Å². The number of rotatable bonds is 10. The van der Waals surface area contributed by atoms with E-state index in [1.165, 1.54) is 5.56 Å². The molecule has 0 aliphatic heterocycles. The molecule has 0 saturated heterocycles. The van der Waals surface area contributed by atoms with Crippen molar-refractivity contribution in [1.82, 2.24) is 5.43 Å². The van der Waals surface area contributed by atoms with Crippen LogP contribution < -0.4 is 14.9 Å². The molecule has 0 aliphatic rings. The Bertz CT molecular complexity index is 1110. The zero-order valence-corrected chi connectivity index (χ0v) is 21.4. The smallest absolute Gasteiger partial charge is 0.277 e. The summed E-state index contributed by atoms with van der Waals surface area (Å²) >= 11 is 0. The van der Waals surface area contributed by atoms with Gasteiger partial charge >= 0.3 is 0 Å². The van der Waals surface area contributed by atoms with Crippen LogP contribution in [0.5, 0.6) is 11.5 Å². The van der Waals surface area contributed by atoms with E-state index >= 15 is 0 Å². The first-order valence-electron chi connectivity index (χ1n) is 11.9. The fourth-order valence-corrected chi connectivity index (χ4v) is 4.22. The average molecular weight is 473 g/mol. The van der Waals surface area contributed by atoms with Gasteiger partial charge in [0.1, 0.15) is 18.1 Å². The summed E-state index contributed by atoms with van der Waals surface area (Å²) in [6, 6.07) is 25.5. The molecule has 5 nitrogen and oxygen atoms in total. The number of hydrogen-bond acceptors (Lipinski definition) is 4. The highest BCUT2D eigenvalue weighted by molar-refractivity contribution is 5.83. The number of carbonyl (C=O) groups excluding carboxylic acids is 1. The van der Waals surface area contributed by atoms with Gasteiger partial charge in [-0.25, -0.2) is 5.43 Å². The molecule has 1 amide bonds. The summed E-state index contributed by atoms with van der Waals surface area (Å²) in [6.07, 6.45) is 2.65. The van der Waals surface area contributed by atoms with Crippen molar-refractivity contribution >= 4 is 12.1 Å². The molecule has 0 radical (unpaired) electrons. The van der Waals surface area contributed by atoms with Gasteiger partial charge in [-0.15, -0.1) is 0 Å². The molecule has 184 valence electrons. The SMILES string of the molecule is CC(C)(C)CC(C)(C)c1ccc(OCC(=O)N/N=C/c2cccc(OCc3ccccc3)c2)cc1. The van der Waals surface area contributed by atoms with Crippen molar-refractivity contribution < 1.29 is 14.3 Å². The highest BCUT2D eigenvalue weighted by Gasteiger charge is 2.27. The van der Waals surface area contributed by atoms with Crippen molar-refractivity contribution in [2.45, 2.75) is 53.1 Å². The van der Waals surface area contributed by atoms with Gasteiger partial charge in [-0.3, -0.25) is 4.79 Å². The van der Waals surface area contributed by atoms with Crippen LogP contribution in [0.25, 0.3) is 0 Å². The van der Waals surface area contributed by atoms with E-state index in [1.54, 1.807) is 6.21 Å². The van der Waals surface area contributed by atoms with Crippen molar-refractivity contribution in [2.24, 2.45) is 10.5 Å². The Kier molecular flexibility index (Phi) is 8.69. The predicted octanol–water partition coefficient (Wildman–Crippen LogP) is 6.51. The van der Waals surface area contributed by atoms with E-state index < -0.39 is 0 Å². The van der Waals surface area contributed by atoms with E-state index in [-0.39, 0.29) is 23.3 Å². The Morgan fingerprint density at radius 1 is 0.857 bits per heavy atom. The van der Waals surface area contributed by atoms with Gasteiger partial charge < -0.3 is 9.47 Å². The molecule has 0 atom stereocenters. The third-order valence-corrected chi connectivity index (χ3v) is 5.49. The highest BCUT2D eigenvalue weighted by Crippen LogP contribution is 2.36. The first-order valence-corrected chi connectivity index (χ1v) is 11.9. The van der Waals surface area contributed by atoms with Crippen LogP contribution >= 0.6 is 0 Å². The Morgan fingerprint density at radius 3 is 2.26 bits per heavy atom. The normalized spacial score (nSPS) is 11.9. The molecule has 0 aliphatic carbocycles. The molecular weight excluding hydrogens is 436 g/mol. The quantitative estimate of drug-likeness (QED) is 0.270. The second-order valence-corrected chi connectivity index (χ2v) is 10.6. The second kappa shape index (κ2) is 11.7. The van der Waals surface area contributed by atoms with E-state index in [1.807, 2.05) is 66.7 Å². The zero-order valence-electron chi connectivity index (χ0n) is 21.4. The van der Waals surface area contributed by atoms with Crippen LogP contribution in [0.3, 0.4) is 0 Å². The van der Waals surface area contributed by atoms with E-state index in [0.717, 1.165) is 23.3 Å². The molecule has 3 aromatic carbocycles. The summed E-state index contributed by atoms with van der Waals surface area (Å²) in [5.41, 5.74) is 5.99. The van der Waals surface area contributed by atoms with Crippen molar-refractivity contribution in [3.63, 3.8) is 0 Å². The third-order valence-electron chi connectivity index (χ3n) is 5.49. The molecular formula is C30H36N2O3. The van der Waals surface area contributed by atoms with Crippen LogP contribution in [0.2, 0.25) is 0 Å². The monoisotopic (exact) mass is 472 g/mol. The van der Waals surface area contributed by atoms with Crippen molar-refractivity contribution in [2.75, 3.05) is 6.61 Å². The van der Waals surface area contributed by atoms with Crippen molar-refractivity contribution in [1.29, 1.82) is 0 Å². The standard InChI is InChI=1S/C30H36N2O3/c1-29(2,3)22-30(4,5)25-14-16-26(17-15-25)35-21-28(33)32-31-19-24-12-9-13-27(18-24)34-20-23-10-7-6-8-11-23/h6-19H,20-22H2,1-5H3,(H,32,33)/b31-19+. The Hall–Kier alpha value is -3.60. The molecule has 0 unspecified atom stereocenters. The maximum atomic E-state index is 12.1. The van der Waals surface area contributed by atoms with E-state index in [4.69, 9.17) is 9.47 Å². The van der Waals surface area contributed by atoms with E-state index in [9.17, 15) is 4.79 Å². The van der Waals surface area contributed by atoms with Gasteiger partial charge in [-0.05, 0) is 58.2 Å². The molecule has 0 fully saturated rings. The van der Waals surface area contributed by atoms with Crippen LogP contribution in [0, 0.1) is 5.41 Å². The number of ether oxygens (including phenoxy) is 2. The summed E-state index contributed by atoms with van der Waals surface area (Å²) in [5, 5.41) is 4.03. The Morgan fingerprint density at radius 2 is 1.57 bits per heavy atom. The molecule has 3 aromatic rings. The fourth-order valence-electron chi connectivity index (χ4n) is 4.22. The molecule has 0 saturated carbocycles. The van der Waals surface area contributed by atoms with Gasteiger partial charge in [0.15, 0.2) is 6.61 Å². The number of nitrogens with one attached hydrogen (secondary N) is 1. The predicted molar refractivity (Wildman–Crippen MR) is 142 cm³/mol. The second-order valence-electron chi connectivity index (χ2n) is 10.6. The van der Waals surface area contributed by atoms with Gasteiger partial charge in [0.2, 0.25) is 0 Å². The molecule has 0 heterocycles. The average Bonchev–Trinajstić information content (AvgIpc) is 2.81. The lowest BCUT2D eigenvalue weighted by Gasteiger charge is -2.33. The topological polar surface area (TPSA) is 59.9 Å². The highest BCUT2D eigenvalue weighted by atomic mass is 16.5. The van der Waals surface area contributed by atoms with Crippen LogP contribution in [0.1, 0.15) is 57.7 Å². The molecule has 0 aromatic heterocycles. The lowest BCUT2D eigenvalue weighted by Crippen LogP contribution is -2.25. The fraction of sp³-hybridized carbons (Fsp3) is 0.333. The maximum absolute atomic E-state index is 12.1. The minimum Gasteiger partial charge on any atom is -0.489 e. The number of nitrogens with zero attached hydrogens (tertiary/aromatic N) is 1. The summed E-state index contributed by atoms with van der Waals surface area (Å²) in [5.74, 6) is 1.07. The molecule has 3 rings (SSSR count). The van der Waals surface area contributed by atoms with E-state index in [2.05, 4.69) is 57.3 Å². The summed E-state index contributed by atoms with van der Waals surface area (Å²) in [4.78, 5) is 12.1. The number of hydrogen-bond donors (Lipinski definition) is 1. The summed E-state index contributed by atoms with van der Waals surface area (Å²) < 4.78 is 11.5. The summed E-state index contributed by atoms with van der Waals surface area (Å²) in [6.45, 7) is 11.7. The molecule has 0 spiro atoms. The van der Waals surface area contributed by atoms with Crippen LogP contribution in [0.15, 0.2) is 84.0 Å². The zero-order chi connectivity index (χ0) is 25.3. The number of carbonyl (C=O) groups is 1. The Labute approximate surface area is 209 Å². The third kappa shape index (κ3) is 8.93. The molecule has 1 N–H and O–H groups in total. The van der Waals surface area contributed by atoms with Gasteiger partial charge in [-0.2, -0.15) is 5.10 Å². The van der Waals surface area contributed by atoms with Gasteiger partial charge in [0.25, 0.3) is 5.91 Å².